The molecule has 130 valence electrons. The minimum absolute atomic E-state index is 0.403. The molecule has 0 aliphatic carbocycles. The number of carbonyl (C=O) groups excluding carboxylic acids is 1. The zero-order valence-corrected chi connectivity index (χ0v) is 13.9. The van der Waals surface area contributed by atoms with E-state index in [9.17, 15) is 4.79 Å². The molecule has 2 aromatic heterocycles. The molecule has 0 saturated carbocycles. The summed E-state index contributed by atoms with van der Waals surface area (Å²) in [6.07, 6.45) is 1.46. The zero-order chi connectivity index (χ0) is 18.2. The normalized spacial score (nSPS) is 11.1. The SMILES string of the molecule is O=C(Oc1ccc2oc3ccccc3c2c1)c1cccc(-n2cnnn2)c1. The summed E-state index contributed by atoms with van der Waals surface area (Å²) < 4.78 is 12.8. The number of fused-ring (bicyclic) bond motifs is 3. The van der Waals surface area contributed by atoms with Gasteiger partial charge in [0.1, 0.15) is 23.2 Å². The third kappa shape index (κ3) is 2.71. The predicted octanol–water partition coefficient (Wildman–Crippen LogP) is 3.78. The van der Waals surface area contributed by atoms with Crippen LogP contribution in [-0.2, 0) is 0 Å². The van der Waals surface area contributed by atoms with E-state index in [-0.39, 0.29) is 0 Å². The van der Waals surface area contributed by atoms with Crippen LogP contribution in [0.15, 0.2) is 77.5 Å². The highest BCUT2D eigenvalue weighted by molar-refractivity contribution is 6.05. The van der Waals surface area contributed by atoms with Crippen molar-refractivity contribution in [3.05, 3.63) is 78.6 Å². The fourth-order valence-corrected chi connectivity index (χ4v) is 2.99. The summed E-state index contributed by atoms with van der Waals surface area (Å²) in [5.74, 6) is -0.0102. The Bertz CT molecular complexity index is 1280. The van der Waals surface area contributed by atoms with E-state index in [0.717, 1.165) is 21.9 Å². The van der Waals surface area contributed by atoms with Gasteiger partial charge < -0.3 is 9.15 Å². The van der Waals surface area contributed by atoms with Crippen LogP contribution in [0.25, 0.3) is 27.6 Å². The Labute approximate surface area is 152 Å². The lowest BCUT2D eigenvalue weighted by Gasteiger charge is -2.06. The molecule has 0 atom stereocenters. The summed E-state index contributed by atoms with van der Waals surface area (Å²) in [4.78, 5) is 12.6. The number of hydrogen-bond donors (Lipinski definition) is 0. The predicted molar refractivity (Wildman–Crippen MR) is 97.8 cm³/mol. The second-order valence-corrected chi connectivity index (χ2v) is 5.95. The van der Waals surface area contributed by atoms with E-state index in [1.54, 1.807) is 36.4 Å². The van der Waals surface area contributed by atoms with Crippen LogP contribution >= 0.6 is 0 Å². The maximum Gasteiger partial charge on any atom is 0.343 e. The first kappa shape index (κ1) is 15.3. The number of aromatic nitrogens is 4. The first-order valence-corrected chi connectivity index (χ1v) is 8.25. The van der Waals surface area contributed by atoms with Crippen molar-refractivity contribution in [2.75, 3.05) is 0 Å². The van der Waals surface area contributed by atoms with Gasteiger partial charge in [0.25, 0.3) is 0 Å². The van der Waals surface area contributed by atoms with E-state index in [1.807, 2.05) is 30.3 Å². The second-order valence-electron chi connectivity index (χ2n) is 5.95. The van der Waals surface area contributed by atoms with Crippen molar-refractivity contribution in [2.24, 2.45) is 0 Å². The molecule has 5 aromatic rings. The van der Waals surface area contributed by atoms with Gasteiger partial charge in [-0.25, -0.2) is 9.48 Å². The molecule has 7 heteroatoms. The molecule has 0 aliphatic heterocycles. The van der Waals surface area contributed by atoms with Gasteiger partial charge in [0, 0.05) is 10.8 Å². The van der Waals surface area contributed by atoms with E-state index < -0.39 is 5.97 Å². The number of rotatable bonds is 3. The molecule has 2 heterocycles. The molecular formula is C20H12N4O3. The molecule has 27 heavy (non-hydrogen) atoms. The highest BCUT2D eigenvalue weighted by Gasteiger charge is 2.13. The lowest BCUT2D eigenvalue weighted by atomic mass is 10.1. The minimum Gasteiger partial charge on any atom is -0.456 e. The lowest BCUT2D eigenvalue weighted by Crippen LogP contribution is -2.09. The molecule has 0 N–H and O–H groups in total. The van der Waals surface area contributed by atoms with Crippen molar-refractivity contribution in [1.29, 1.82) is 0 Å². The van der Waals surface area contributed by atoms with E-state index in [2.05, 4.69) is 15.5 Å². The molecule has 0 spiro atoms. The number of para-hydroxylation sites is 1. The lowest BCUT2D eigenvalue weighted by molar-refractivity contribution is 0.0735. The maximum atomic E-state index is 12.6. The van der Waals surface area contributed by atoms with Crippen molar-refractivity contribution in [2.45, 2.75) is 0 Å². The second kappa shape index (κ2) is 6.06. The molecule has 0 saturated heterocycles. The van der Waals surface area contributed by atoms with Crippen LogP contribution in [0.4, 0.5) is 0 Å². The van der Waals surface area contributed by atoms with E-state index in [4.69, 9.17) is 9.15 Å². The Kier molecular flexibility index (Phi) is 3.43. The first-order valence-electron chi connectivity index (χ1n) is 8.25. The van der Waals surface area contributed by atoms with Crippen molar-refractivity contribution in [3.63, 3.8) is 0 Å². The van der Waals surface area contributed by atoms with E-state index in [1.165, 1.54) is 11.0 Å². The first-order chi connectivity index (χ1) is 13.3. The van der Waals surface area contributed by atoms with E-state index in [0.29, 0.717) is 17.0 Å². The number of ether oxygens (including phenoxy) is 1. The van der Waals surface area contributed by atoms with Crippen LogP contribution in [0.2, 0.25) is 0 Å². The molecule has 5 rings (SSSR count). The van der Waals surface area contributed by atoms with Crippen LogP contribution in [-0.4, -0.2) is 26.2 Å². The highest BCUT2D eigenvalue weighted by atomic mass is 16.5. The van der Waals surface area contributed by atoms with E-state index >= 15 is 0 Å². The molecule has 0 amide bonds. The summed E-state index contributed by atoms with van der Waals surface area (Å²) in [6, 6.07) is 20.0. The Morgan fingerprint density at radius 1 is 0.926 bits per heavy atom. The number of carbonyl (C=O) groups is 1. The summed E-state index contributed by atoms with van der Waals surface area (Å²) in [5, 5.41) is 12.9. The molecule has 0 radical (unpaired) electrons. The zero-order valence-electron chi connectivity index (χ0n) is 13.9. The van der Waals surface area contributed by atoms with Crippen molar-refractivity contribution >= 4 is 27.9 Å². The number of hydrogen-bond acceptors (Lipinski definition) is 6. The van der Waals surface area contributed by atoms with Gasteiger partial charge >= 0.3 is 5.97 Å². The number of tetrazole rings is 1. The van der Waals surface area contributed by atoms with Gasteiger partial charge in [-0.05, 0) is 52.9 Å². The fourth-order valence-electron chi connectivity index (χ4n) is 2.99. The largest absolute Gasteiger partial charge is 0.456 e. The Hall–Kier alpha value is -4.00. The van der Waals surface area contributed by atoms with Gasteiger partial charge in [0.2, 0.25) is 0 Å². The number of benzene rings is 3. The molecule has 0 bridgehead atoms. The number of esters is 1. The number of furan rings is 1. The topological polar surface area (TPSA) is 83.0 Å². The average Bonchev–Trinajstić information content (AvgIpc) is 3.36. The Morgan fingerprint density at radius 3 is 2.70 bits per heavy atom. The smallest absolute Gasteiger partial charge is 0.343 e. The summed E-state index contributed by atoms with van der Waals surface area (Å²) in [5.41, 5.74) is 2.62. The average molecular weight is 356 g/mol. The van der Waals surface area contributed by atoms with Gasteiger partial charge in [0.15, 0.2) is 0 Å². The van der Waals surface area contributed by atoms with Crippen LogP contribution < -0.4 is 4.74 Å². The molecule has 0 unspecified atom stereocenters. The standard InChI is InChI=1S/C20H12N4O3/c25-20(13-4-3-5-14(10-13)24-12-21-22-23-24)26-15-8-9-19-17(11-15)16-6-1-2-7-18(16)27-19/h1-12H. The fraction of sp³-hybridized carbons (Fsp3) is 0. The molecule has 3 aromatic carbocycles. The van der Waals surface area contributed by atoms with Gasteiger partial charge in [-0.1, -0.05) is 24.3 Å². The monoisotopic (exact) mass is 356 g/mol. The summed E-state index contributed by atoms with van der Waals surface area (Å²) >= 11 is 0. The molecule has 7 nitrogen and oxygen atoms in total. The van der Waals surface area contributed by atoms with Gasteiger partial charge in [0.05, 0.1) is 11.3 Å². The van der Waals surface area contributed by atoms with Crippen molar-refractivity contribution in [3.8, 4) is 11.4 Å². The Balaban J connectivity index is 1.47. The van der Waals surface area contributed by atoms with Crippen LogP contribution in [0.3, 0.4) is 0 Å². The van der Waals surface area contributed by atoms with Crippen LogP contribution in [0, 0.1) is 0 Å². The van der Waals surface area contributed by atoms with Crippen molar-refractivity contribution < 1.29 is 13.9 Å². The Morgan fingerprint density at radius 2 is 1.81 bits per heavy atom. The highest BCUT2D eigenvalue weighted by Crippen LogP contribution is 2.31. The maximum absolute atomic E-state index is 12.6. The van der Waals surface area contributed by atoms with Gasteiger partial charge in [-0.15, -0.1) is 5.10 Å². The van der Waals surface area contributed by atoms with Gasteiger partial charge in [-0.3, -0.25) is 0 Å². The quantitative estimate of drug-likeness (QED) is 0.361. The minimum atomic E-state index is -0.461. The molecular weight excluding hydrogens is 344 g/mol. The third-order valence-corrected chi connectivity index (χ3v) is 4.25. The van der Waals surface area contributed by atoms with Crippen LogP contribution in [0.5, 0.6) is 5.75 Å². The summed E-state index contributed by atoms with van der Waals surface area (Å²) in [7, 11) is 0. The molecule has 0 fully saturated rings. The van der Waals surface area contributed by atoms with Crippen molar-refractivity contribution in [1.82, 2.24) is 20.2 Å². The number of nitrogens with zero attached hydrogens (tertiary/aromatic N) is 4. The van der Waals surface area contributed by atoms with Crippen LogP contribution in [0.1, 0.15) is 10.4 Å². The van der Waals surface area contributed by atoms with Gasteiger partial charge in [-0.2, -0.15) is 0 Å². The summed E-state index contributed by atoms with van der Waals surface area (Å²) in [6.45, 7) is 0. The molecule has 0 aliphatic rings. The third-order valence-electron chi connectivity index (χ3n) is 4.25.